The first-order valence-corrected chi connectivity index (χ1v) is 4.87. The lowest BCUT2D eigenvalue weighted by Crippen LogP contribution is -2.23. The molecule has 0 spiro atoms. The number of carbonyl (C=O) groups is 1. The Morgan fingerprint density at radius 3 is 2.78 bits per heavy atom. The molecule has 0 bridgehead atoms. The number of benzene rings is 1. The number of halogens is 2. The van der Waals surface area contributed by atoms with Crippen LogP contribution in [0, 0.1) is 11.6 Å². The average Bonchev–Trinajstić information content (AvgIpc) is 2.33. The van der Waals surface area contributed by atoms with Gasteiger partial charge in [0.1, 0.15) is 17.2 Å². The van der Waals surface area contributed by atoms with Crippen molar-refractivity contribution in [3.05, 3.63) is 58.3 Å². The molecule has 0 aliphatic carbocycles. The van der Waals surface area contributed by atoms with E-state index in [4.69, 9.17) is 0 Å². The second-order valence-corrected chi connectivity index (χ2v) is 3.37. The molecule has 0 fully saturated rings. The summed E-state index contributed by atoms with van der Waals surface area (Å²) in [6, 6.07) is 2.68. The van der Waals surface area contributed by atoms with Crippen molar-refractivity contribution in [1.29, 1.82) is 0 Å². The molecule has 1 aromatic carbocycles. The highest BCUT2D eigenvalue weighted by Gasteiger charge is 2.13. The molecule has 0 aliphatic rings. The quantitative estimate of drug-likeness (QED) is 0.844. The zero-order valence-electron chi connectivity index (χ0n) is 8.91. The summed E-state index contributed by atoms with van der Waals surface area (Å²) in [6.07, 6.45) is 2.17. The molecule has 5 nitrogen and oxygen atoms in total. The Morgan fingerprint density at radius 2 is 2.11 bits per heavy atom. The number of H-pyrrole nitrogens is 1. The Labute approximate surface area is 99.5 Å². The van der Waals surface area contributed by atoms with Crippen LogP contribution in [0.15, 0.2) is 35.5 Å². The topological polar surface area (TPSA) is 74.8 Å². The van der Waals surface area contributed by atoms with Gasteiger partial charge in [0.15, 0.2) is 0 Å². The van der Waals surface area contributed by atoms with Crippen molar-refractivity contribution in [3.8, 4) is 0 Å². The van der Waals surface area contributed by atoms with E-state index in [1.165, 1.54) is 0 Å². The Bertz CT molecular complexity index is 655. The van der Waals surface area contributed by atoms with Crippen molar-refractivity contribution in [3.63, 3.8) is 0 Å². The highest BCUT2D eigenvalue weighted by molar-refractivity contribution is 6.03. The van der Waals surface area contributed by atoms with Crippen LogP contribution in [-0.4, -0.2) is 15.9 Å². The number of aromatic nitrogens is 2. The van der Waals surface area contributed by atoms with Gasteiger partial charge in [-0.15, -0.1) is 0 Å². The summed E-state index contributed by atoms with van der Waals surface area (Å²) in [4.78, 5) is 28.7. The number of hydrogen-bond acceptors (Lipinski definition) is 3. The molecule has 0 atom stereocenters. The van der Waals surface area contributed by atoms with Crippen molar-refractivity contribution in [1.82, 2.24) is 9.97 Å². The van der Waals surface area contributed by atoms with Crippen LogP contribution in [0.4, 0.5) is 14.5 Å². The molecule has 92 valence electrons. The molecule has 0 saturated carbocycles. The van der Waals surface area contributed by atoms with Gasteiger partial charge in [0, 0.05) is 12.3 Å². The Morgan fingerprint density at radius 1 is 1.33 bits per heavy atom. The van der Waals surface area contributed by atoms with Crippen LogP contribution in [-0.2, 0) is 0 Å². The maximum atomic E-state index is 13.3. The Balaban J connectivity index is 2.27. The number of hydrogen-bond donors (Lipinski definition) is 2. The van der Waals surface area contributed by atoms with E-state index in [1.54, 1.807) is 0 Å². The van der Waals surface area contributed by atoms with Crippen molar-refractivity contribution in [2.24, 2.45) is 0 Å². The van der Waals surface area contributed by atoms with Crippen LogP contribution in [0.5, 0.6) is 0 Å². The number of rotatable bonds is 2. The van der Waals surface area contributed by atoms with Crippen molar-refractivity contribution < 1.29 is 13.6 Å². The fourth-order valence-electron chi connectivity index (χ4n) is 1.29. The van der Waals surface area contributed by atoms with Gasteiger partial charge in [-0.05, 0) is 12.1 Å². The fourth-order valence-corrected chi connectivity index (χ4v) is 1.29. The summed E-state index contributed by atoms with van der Waals surface area (Å²) >= 11 is 0. The largest absolute Gasteiger partial charge is 0.319 e. The van der Waals surface area contributed by atoms with Crippen molar-refractivity contribution >= 4 is 11.6 Å². The molecular weight excluding hydrogens is 244 g/mol. The Hall–Kier alpha value is -2.57. The molecule has 7 heteroatoms. The first-order chi connectivity index (χ1) is 8.58. The summed E-state index contributed by atoms with van der Waals surface area (Å²) in [7, 11) is 0. The van der Waals surface area contributed by atoms with Gasteiger partial charge in [0.05, 0.1) is 12.0 Å². The summed E-state index contributed by atoms with van der Waals surface area (Å²) in [5, 5.41) is 2.15. The second kappa shape index (κ2) is 4.74. The molecule has 1 amide bonds. The van der Waals surface area contributed by atoms with Gasteiger partial charge in [0.2, 0.25) is 0 Å². The average molecular weight is 251 g/mol. The first kappa shape index (κ1) is 11.9. The van der Waals surface area contributed by atoms with Gasteiger partial charge in [-0.2, -0.15) is 0 Å². The molecule has 2 rings (SSSR count). The van der Waals surface area contributed by atoms with Crippen LogP contribution >= 0.6 is 0 Å². The molecule has 2 aromatic rings. The highest BCUT2D eigenvalue weighted by atomic mass is 19.1. The SMILES string of the molecule is O=C(Nc1ccc(F)cc1F)c1cnc[nH]c1=O. The fraction of sp³-hybridized carbons (Fsp3) is 0. The van der Waals surface area contributed by atoms with E-state index in [9.17, 15) is 18.4 Å². The van der Waals surface area contributed by atoms with Crippen LogP contribution in [0.1, 0.15) is 10.4 Å². The molecule has 0 radical (unpaired) electrons. The molecule has 2 N–H and O–H groups in total. The lowest BCUT2D eigenvalue weighted by atomic mass is 10.2. The lowest BCUT2D eigenvalue weighted by molar-refractivity contribution is 0.102. The summed E-state index contributed by atoms with van der Waals surface area (Å²) in [5.74, 6) is -2.51. The summed E-state index contributed by atoms with van der Waals surface area (Å²) in [5.41, 5.74) is -1.13. The number of aromatic amines is 1. The van der Waals surface area contributed by atoms with E-state index in [0.29, 0.717) is 6.07 Å². The van der Waals surface area contributed by atoms with E-state index in [2.05, 4.69) is 15.3 Å². The minimum atomic E-state index is -0.927. The maximum absolute atomic E-state index is 13.3. The molecule has 0 saturated heterocycles. The molecular formula is C11H7F2N3O2. The Kier molecular flexibility index (Phi) is 3.13. The standard InChI is InChI=1S/C11H7F2N3O2/c12-6-1-2-9(8(13)3-6)16-11(18)7-4-14-5-15-10(7)17/h1-5H,(H,16,18)(H,14,15,17). The first-order valence-electron chi connectivity index (χ1n) is 4.87. The van der Waals surface area contributed by atoms with Gasteiger partial charge in [-0.25, -0.2) is 13.8 Å². The third kappa shape index (κ3) is 2.40. The number of nitrogens with zero attached hydrogens (tertiary/aromatic N) is 1. The third-order valence-corrected chi connectivity index (χ3v) is 2.14. The molecule has 1 heterocycles. The van der Waals surface area contributed by atoms with Gasteiger partial charge in [-0.3, -0.25) is 9.59 Å². The normalized spacial score (nSPS) is 10.1. The predicted molar refractivity (Wildman–Crippen MR) is 59.2 cm³/mol. The van der Waals surface area contributed by atoms with E-state index in [0.717, 1.165) is 24.7 Å². The van der Waals surface area contributed by atoms with E-state index in [1.807, 2.05) is 0 Å². The number of carbonyl (C=O) groups excluding carboxylic acids is 1. The van der Waals surface area contributed by atoms with Crippen LogP contribution < -0.4 is 10.9 Å². The van der Waals surface area contributed by atoms with Gasteiger partial charge in [-0.1, -0.05) is 0 Å². The van der Waals surface area contributed by atoms with Gasteiger partial charge in [0.25, 0.3) is 11.5 Å². The van der Waals surface area contributed by atoms with Crippen LogP contribution in [0.25, 0.3) is 0 Å². The number of anilines is 1. The van der Waals surface area contributed by atoms with Crippen molar-refractivity contribution in [2.45, 2.75) is 0 Å². The van der Waals surface area contributed by atoms with Gasteiger partial charge < -0.3 is 10.3 Å². The molecule has 1 aromatic heterocycles. The predicted octanol–water partition coefficient (Wildman–Crippen LogP) is 1.30. The zero-order chi connectivity index (χ0) is 13.1. The van der Waals surface area contributed by atoms with E-state index in [-0.39, 0.29) is 11.3 Å². The smallest absolute Gasteiger partial charge is 0.263 e. The van der Waals surface area contributed by atoms with E-state index >= 15 is 0 Å². The van der Waals surface area contributed by atoms with Crippen LogP contribution in [0.3, 0.4) is 0 Å². The monoisotopic (exact) mass is 251 g/mol. The minimum Gasteiger partial charge on any atom is -0.319 e. The zero-order valence-corrected chi connectivity index (χ0v) is 8.91. The van der Waals surface area contributed by atoms with Gasteiger partial charge >= 0.3 is 0 Å². The summed E-state index contributed by atoms with van der Waals surface area (Å²) < 4.78 is 25.9. The molecule has 18 heavy (non-hydrogen) atoms. The number of nitrogens with one attached hydrogen (secondary N) is 2. The number of amides is 1. The molecule has 0 unspecified atom stereocenters. The third-order valence-electron chi connectivity index (χ3n) is 2.14. The second-order valence-electron chi connectivity index (χ2n) is 3.37. The van der Waals surface area contributed by atoms with Crippen LogP contribution in [0.2, 0.25) is 0 Å². The maximum Gasteiger partial charge on any atom is 0.263 e. The lowest BCUT2D eigenvalue weighted by Gasteiger charge is -2.05. The highest BCUT2D eigenvalue weighted by Crippen LogP contribution is 2.15. The van der Waals surface area contributed by atoms with E-state index < -0.39 is 23.1 Å². The molecule has 0 aliphatic heterocycles. The minimum absolute atomic E-state index is 0.218. The van der Waals surface area contributed by atoms with Crippen molar-refractivity contribution in [2.75, 3.05) is 5.32 Å². The summed E-state index contributed by atoms with van der Waals surface area (Å²) in [6.45, 7) is 0.